The number of amides is 1. The second kappa shape index (κ2) is 9.99. The van der Waals surface area contributed by atoms with Gasteiger partial charge in [-0.3, -0.25) is 9.48 Å². The highest BCUT2D eigenvalue weighted by atomic mass is 19.1. The van der Waals surface area contributed by atoms with Gasteiger partial charge in [-0.25, -0.2) is 14.2 Å². The van der Waals surface area contributed by atoms with Crippen molar-refractivity contribution in [3.63, 3.8) is 0 Å². The molecule has 0 radical (unpaired) electrons. The first-order chi connectivity index (χ1) is 16.5. The van der Waals surface area contributed by atoms with E-state index in [4.69, 9.17) is 9.47 Å². The fourth-order valence-corrected chi connectivity index (χ4v) is 3.27. The number of nitrogens with one attached hydrogen (secondary N) is 1. The number of carbonyl (C=O) groups is 2. The zero-order valence-corrected chi connectivity index (χ0v) is 18.4. The van der Waals surface area contributed by atoms with E-state index in [1.54, 1.807) is 36.1 Å². The van der Waals surface area contributed by atoms with Gasteiger partial charge < -0.3 is 19.5 Å². The van der Waals surface area contributed by atoms with E-state index in [9.17, 15) is 14.0 Å². The molecule has 2 aromatic heterocycles. The number of benzene rings is 2. The number of halogens is 1. The van der Waals surface area contributed by atoms with E-state index in [0.717, 1.165) is 11.1 Å². The molecule has 0 aliphatic heterocycles. The quantitative estimate of drug-likeness (QED) is 0.398. The van der Waals surface area contributed by atoms with Crippen molar-refractivity contribution in [2.45, 2.75) is 6.54 Å². The summed E-state index contributed by atoms with van der Waals surface area (Å²) in [5, 5.41) is 7.76. The van der Waals surface area contributed by atoms with Gasteiger partial charge in [0.15, 0.2) is 6.61 Å². The normalized spacial score (nSPS) is 10.7. The van der Waals surface area contributed by atoms with Crippen LogP contribution in [-0.4, -0.2) is 47.5 Å². The molecular weight excluding hydrogens is 443 g/mol. The summed E-state index contributed by atoms with van der Waals surface area (Å²) in [6.07, 6.45) is 1.30. The topological polar surface area (TPSA) is 105 Å². The molecule has 34 heavy (non-hydrogen) atoms. The fourth-order valence-electron chi connectivity index (χ4n) is 3.27. The van der Waals surface area contributed by atoms with Gasteiger partial charge in [0.2, 0.25) is 5.88 Å². The number of rotatable bonds is 8. The molecule has 174 valence electrons. The molecule has 2 aromatic carbocycles. The lowest BCUT2D eigenvalue weighted by molar-refractivity contribution is -0.118. The first-order valence-corrected chi connectivity index (χ1v) is 10.2. The van der Waals surface area contributed by atoms with Crippen molar-refractivity contribution >= 4 is 28.6 Å². The lowest BCUT2D eigenvalue weighted by Crippen LogP contribution is -2.21. The van der Waals surface area contributed by atoms with Gasteiger partial charge >= 0.3 is 5.97 Å². The number of carbonyl (C=O) groups excluding carboxylic acids is 2. The molecule has 0 saturated carbocycles. The maximum Gasteiger partial charge on any atom is 0.339 e. The van der Waals surface area contributed by atoms with Crippen LogP contribution in [0.5, 0.6) is 11.6 Å². The molecule has 9 nitrogen and oxygen atoms in total. The number of esters is 1. The first-order valence-electron chi connectivity index (χ1n) is 10.2. The van der Waals surface area contributed by atoms with Gasteiger partial charge in [0.05, 0.1) is 37.2 Å². The molecule has 0 fully saturated rings. The average Bonchev–Trinajstić information content (AvgIpc) is 3.20. The number of aromatic nitrogens is 3. The minimum Gasteiger partial charge on any atom is -0.497 e. The highest BCUT2D eigenvalue weighted by molar-refractivity contribution is 5.93. The summed E-state index contributed by atoms with van der Waals surface area (Å²) in [6.45, 7) is 0.0649. The molecular formula is C24H21FN4O5. The van der Waals surface area contributed by atoms with Crippen LogP contribution in [0.2, 0.25) is 0 Å². The lowest BCUT2D eigenvalue weighted by atomic mass is 10.2. The molecule has 10 heteroatoms. The number of hydrogen-bond donors (Lipinski definition) is 1. The Morgan fingerprint density at radius 2 is 1.85 bits per heavy atom. The van der Waals surface area contributed by atoms with Crippen molar-refractivity contribution in [1.29, 1.82) is 0 Å². The molecule has 1 amide bonds. The average molecular weight is 464 g/mol. The van der Waals surface area contributed by atoms with Crippen LogP contribution >= 0.6 is 0 Å². The van der Waals surface area contributed by atoms with E-state index in [1.807, 2.05) is 6.07 Å². The van der Waals surface area contributed by atoms with Gasteiger partial charge in [0.25, 0.3) is 5.91 Å². The Morgan fingerprint density at radius 1 is 1.06 bits per heavy atom. The maximum absolute atomic E-state index is 13.3. The molecule has 0 aliphatic rings. The Kier molecular flexibility index (Phi) is 6.67. The fraction of sp³-hybridized carbons (Fsp3) is 0.167. The van der Waals surface area contributed by atoms with Crippen LogP contribution in [0, 0.1) is 5.82 Å². The van der Waals surface area contributed by atoms with Crippen molar-refractivity contribution in [3.05, 3.63) is 77.7 Å². The third-order valence-electron chi connectivity index (χ3n) is 4.96. The summed E-state index contributed by atoms with van der Waals surface area (Å²) in [5.74, 6) is -0.175. The third-order valence-corrected chi connectivity index (χ3v) is 4.96. The Hall–Kier alpha value is -4.47. The molecule has 0 aliphatic carbocycles. The van der Waals surface area contributed by atoms with Gasteiger partial charge in [0.1, 0.15) is 17.4 Å². The van der Waals surface area contributed by atoms with Crippen LogP contribution in [0.15, 0.2) is 60.8 Å². The van der Waals surface area contributed by atoms with Gasteiger partial charge in [-0.15, -0.1) is 5.10 Å². The Balaban J connectivity index is 1.49. The first kappa shape index (κ1) is 22.7. The molecule has 0 spiro atoms. The molecule has 4 aromatic rings. The summed E-state index contributed by atoms with van der Waals surface area (Å²) < 4.78 is 30.6. The van der Waals surface area contributed by atoms with E-state index >= 15 is 0 Å². The highest BCUT2D eigenvalue weighted by Crippen LogP contribution is 2.29. The lowest BCUT2D eigenvalue weighted by Gasteiger charge is -2.06. The second-order valence-corrected chi connectivity index (χ2v) is 7.23. The Bertz CT molecular complexity index is 1320. The van der Waals surface area contributed by atoms with Gasteiger partial charge in [-0.05, 0) is 48.0 Å². The van der Waals surface area contributed by atoms with E-state index in [0.29, 0.717) is 17.7 Å². The molecule has 2 heterocycles. The SMILES string of the molecule is COC(=O)c1ccc(NC(=O)COc2nn(Cc3ccc(F)cc3)c3ccc(OC)cc23)nc1. The van der Waals surface area contributed by atoms with Gasteiger partial charge in [-0.2, -0.15) is 0 Å². The van der Waals surface area contributed by atoms with E-state index in [2.05, 4.69) is 20.1 Å². The van der Waals surface area contributed by atoms with Crippen LogP contribution < -0.4 is 14.8 Å². The number of fused-ring (bicyclic) bond motifs is 1. The summed E-state index contributed by atoms with van der Waals surface area (Å²) in [7, 11) is 2.83. The second-order valence-electron chi connectivity index (χ2n) is 7.23. The van der Waals surface area contributed by atoms with Crippen molar-refractivity contribution in [1.82, 2.24) is 14.8 Å². The molecule has 1 N–H and O–H groups in total. The Labute approximate surface area is 194 Å². The number of anilines is 1. The van der Waals surface area contributed by atoms with Gasteiger partial charge in [-0.1, -0.05) is 12.1 Å². The van der Waals surface area contributed by atoms with Crippen molar-refractivity contribution < 1.29 is 28.2 Å². The predicted octanol–water partition coefficient (Wildman–Crippen LogP) is 3.43. The van der Waals surface area contributed by atoms with Crippen LogP contribution in [0.1, 0.15) is 15.9 Å². The number of methoxy groups -OCH3 is 2. The summed E-state index contributed by atoms with van der Waals surface area (Å²) in [6, 6.07) is 14.5. The number of nitrogens with zero attached hydrogens (tertiary/aromatic N) is 3. The van der Waals surface area contributed by atoms with E-state index in [-0.39, 0.29) is 29.7 Å². The molecule has 0 bridgehead atoms. The summed E-state index contributed by atoms with van der Waals surface area (Å²) in [4.78, 5) is 27.9. The Morgan fingerprint density at radius 3 is 2.53 bits per heavy atom. The minimum absolute atomic E-state index is 0.250. The van der Waals surface area contributed by atoms with Crippen LogP contribution in [-0.2, 0) is 16.1 Å². The van der Waals surface area contributed by atoms with E-state index in [1.165, 1.54) is 37.6 Å². The van der Waals surface area contributed by atoms with Crippen molar-refractivity contribution in [2.24, 2.45) is 0 Å². The van der Waals surface area contributed by atoms with E-state index < -0.39 is 11.9 Å². The number of hydrogen-bond acceptors (Lipinski definition) is 7. The standard InChI is InChI=1S/C24H21FN4O5/c1-32-18-8-9-20-19(11-18)23(28-29(20)13-15-3-6-17(25)7-4-15)34-14-22(30)27-21-10-5-16(12-26-21)24(31)33-2/h3-12H,13-14H2,1-2H3,(H,26,27,30). The summed E-state index contributed by atoms with van der Waals surface area (Å²) in [5.41, 5.74) is 1.89. The zero-order chi connectivity index (χ0) is 24.1. The van der Waals surface area contributed by atoms with Crippen LogP contribution in [0.3, 0.4) is 0 Å². The van der Waals surface area contributed by atoms with Gasteiger partial charge in [0, 0.05) is 6.20 Å². The predicted molar refractivity (Wildman–Crippen MR) is 121 cm³/mol. The number of ether oxygens (including phenoxy) is 3. The van der Waals surface area contributed by atoms with Crippen LogP contribution in [0.4, 0.5) is 10.2 Å². The van der Waals surface area contributed by atoms with Crippen molar-refractivity contribution in [3.8, 4) is 11.6 Å². The molecule has 0 unspecified atom stereocenters. The summed E-state index contributed by atoms with van der Waals surface area (Å²) >= 11 is 0. The minimum atomic E-state index is -0.521. The molecule has 0 atom stereocenters. The number of pyridine rings is 1. The zero-order valence-electron chi connectivity index (χ0n) is 18.4. The monoisotopic (exact) mass is 464 g/mol. The largest absolute Gasteiger partial charge is 0.497 e. The van der Waals surface area contributed by atoms with Crippen molar-refractivity contribution in [2.75, 3.05) is 26.1 Å². The molecule has 0 saturated heterocycles. The van der Waals surface area contributed by atoms with Crippen LogP contribution in [0.25, 0.3) is 10.9 Å². The molecule has 4 rings (SSSR count). The highest BCUT2D eigenvalue weighted by Gasteiger charge is 2.15. The third kappa shape index (κ3) is 5.12. The smallest absolute Gasteiger partial charge is 0.339 e. The maximum atomic E-state index is 13.3.